The van der Waals surface area contributed by atoms with E-state index < -0.39 is 8.32 Å². The maximum absolute atomic E-state index is 5.56. The third-order valence-corrected chi connectivity index (χ3v) is 2.20. The smallest absolute Gasteiger partial charge is 0.183 e. The predicted molar refractivity (Wildman–Crippen MR) is 54.6 cm³/mol. The van der Waals surface area contributed by atoms with Gasteiger partial charge in [-0.1, -0.05) is 13.2 Å². The van der Waals surface area contributed by atoms with E-state index in [0.717, 1.165) is 0 Å². The summed E-state index contributed by atoms with van der Waals surface area (Å²) in [6.07, 6.45) is 1.59. The van der Waals surface area contributed by atoms with Crippen molar-refractivity contribution in [3.63, 3.8) is 0 Å². The molecule has 0 aliphatic rings. The SMILES string of the molecule is C=CC(=C)OCCO[Si](C)(C)C. The van der Waals surface area contributed by atoms with Crippen LogP contribution in [-0.2, 0) is 9.16 Å². The zero-order valence-corrected chi connectivity index (χ0v) is 9.22. The van der Waals surface area contributed by atoms with Gasteiger partial charge < -0.3 is 9.16 Å². The third kappa shape index (κ3) is 7.56. The van der Waals surface area contributed by atoms with Crippen LogP contribution in [0, 0.1) is 0 Å². The summed E-state index contributed by atoms with van der Waals surface area (Å²) in [4.78, 5) is 0. The summed E-state index contributed by atoms with van der Waals surface area (Å²) in [7, 11) is -1.37. The molecule has 0 rings (SSSR count). The molecule has 0 fully saturated rings. The first kappa shape index (κ1) is 11.5. The minimum atomic E-state index is -1.37. The first-order valence-corrected chi connectivity index (χ1v) is 7.44. The van der Waals surface area contributed by atoms with Gasteiger partial charge in [0.1, 0.15) is 12.4 Å². The number of rotatable bonds is 6. The lowest BCUT2D eigenvalue weighted by atomic mass is 10.5. The van der Waals surface area contributed by atoms with Gasteiger partial charge >= 0.3 is 0 Å². The molecule has 0 aliphatic carbocycles. The highest BCUT2D eigenvalue weighted by Crippen LogP contribution is 2.02. The van der Waals surface area contributed by atoms with E-state index in [4.69, 9.17) is 9.16 Å². The van der Waals surface area contributed by atoms with E-state index in [9.17, 15) is 0 Å². The van der Waals surface area contributed by atoms with Gasteiger partial charge in [0.15, 0.2) is 8.32 Å². The highest BCUT2D eigenvalue weighted by molar-refractivity contribution is 6.69. The molecule has 3 heteroatoms. The van der Waals surface area contributed by atoms with Crippen LogP contribution < -0.4 is 0 Å². The first-order valence-electron chi connectivity index (χ1n) is 4.04. The Kier molecular flexibility index (Phi) is 4.93. The van der Waals surface area contributed by atoms with Crippen molar-refractivity contribution in [1.29, 1.82) is 0 Å². The quantitative estimate of drug-likeness (QED) is 0.275. The van der Waals surface area contributed by atoms with Gasteiger partial charge in [-0.3, -0.25) is 0 Å². The Labute approximate surface area is 76.0 Å². The molecule has 0 saturated carbocycles. The fourth-order valence-corrected chi connectivity index (χ4v) is 1.28. The zero-order valence-electron chi connectivity index (χ0n) is 8.22. The van der Waals surface area contributed by atoms with Crippen molar-refractivity contribution in [1.82, 2.24) is 0 Å². The summed E-state index contributed by atoms with van der Waals surface area (Å²) in [6.45, 7) is 14.8. The Balaban J connectivity index is 3.34. The van der Waals surface area contributed by atoms with Gasteiger partial charge in [0.05, 0.1) is 6.61 Å². The van der Waals surface area contributed by atoms with Crippen LogP contribution in [0.3, 0.4) is 0 Å². The average molecular weight is 186 g/mol. The molecule has 0 radical (unpaired) electrons. The van der Waals surface area contributed by atoms with Crippen LogP contribution in [0.25, 0.3) is 0 Å². The molecule has 0 aliphatic heterocycles. The molecule has 12 heavy (non-hydrogen) atoms. The fraction of sp³-hybridized carbons (Fsp3) is 0.556. The largest absolute Gasteiger partial charge is 0.492 e. The van der Waals surface area contributed by atoms with Crippen molar-refractivity contribution in [2.24, 2.45) is 0 Å². The van der Waals surface area contributed by atoms with Gasteiger partial charge in [0.2, 0.25) is 0 Å². The van der Waals surface area contributed by atoms with E-state index in [-0.39, 0.29) is 0 Å². The second-order valence-corrected chi connectivity index (χ2v) is 7.99. The van der Waals surface area contributed by atoms with Crippen LogP contribution in [0.5, 0.6) is 0 Å². The van der Waals surface area contributed by atoms with Gasteiger partial charge in [-0.05, 0) is 25.7 Å². The molecule has 0 heterocycles. The van der Waals surface area contributed by atoms with E-state index in [1.54, 1.807) is 6.08 Å². The van der Waals surface area contributed by atoms with E-state index in [1.165, 1.54) is 0 Å². The lowest BCUT2D eigenvalue weighted by molar-refractivity contribution is 0.161. The standard InChI is InChI=1S/C9H18O2Si/c1-6-9(2)10-7-8-11-12(3,4)5/h6H,1-2,7-8H2,3-5H3. The summed E-state index contributed by atoms with van der Waals surface area (Å²) < 4.78 is 10.7. The van der Waals surface area contributed by atoms with E-state index in [2.05, 4.69) is 32.8 Å². The summed E-state index contributed by atoms with van der Waals surface area (Å²) in [6, 6.07) is 0. The molecule has 0 unspecified atom stereocenters. The Morgan fingerprint density at radius 1 is 1.33 bits per heavy atom. The summed E-state index contributed by atoms with van der Waals surface area (Å²) in [5, 5.41) is 0. The van der Waals surface area contributed by atoms with E-state index in [1.807, 2.05) is 0 Å². The number of hydrogen-bond acceptors (Lipinski definition) is 2. The number of allylic oxidation sites excluding steroid dienone is 1. The molecule has 0 aromatic carbocycles. The number of ether oxygens (including phenoxy) is 1. The summed E-state index contributed by atoms with van der Waals surface area (Å²) >= 11 is 0. The van der Waals surface area contributed by atoms with Crippen molar-refractivity contribution >= 4 is 8.32 Å². The Morgan fingerprint density at radius 3 is 2.33 bits per heavy atom. The Hall–Kier alpha value is -0.543. The normalized spacial score (nSPS) is 10.9. The van der Waals surface area contributed by atoms with Crippen molar-refractivity contribution in [3.05, 3.63) is 25.0 Å². The molecule has 0 saturated heterocycles. The molecule has 0 bridgehead atoms. The highest BCUT2D eigenvalue weighted by Gasteiger charge is 2.13. The van der Waals surface area contributed by atoms with Crippen molar-refractivity contribution in [2.75, 3.05) is 13.2 Å². The highest BCUT2D eigenvalue weighted by atomic mass is 28.4. The van der Waals surface area contributed by atoms with Crippen molar-refractivity contribution in [3.8, 4) is 0 Å². The van der Waals surface area contributed by atoms with Crippen molar-refractivity contribution < 1.29 is 9.16 Å². The average Bonchev–Trinajstić information content (AvgIpc) is 1.96. The van der Waals surface area contributed by atoms with Crippen LogP contribution in [0.15, 0.2) is 25.0 Å². The lowest BCUT2D eigenvalue weighted by Crippen LogP contribution is -2.27. The molecule has 0 aromatic rings. The van der Waals surface area contributed by atoms with Gasteiger partial charge in [-0.15, -0.1) is 0 Å². The van der Waals surface area contributed by atoms with Gasteiger partial charge in [0.25, 0.3) is 0 Å². The molecule has 2 nitrogen and oxygen atoms in total. The van der Waals surface area contributed by atoms with Crippen LogP contribution in [0.4, 0.5) is 0 Å². The molecule has 0 N–H and O–H groups in total. The minimum absolute atomic E-state index is 0.565. The Morgan fingerprint density at radius 2 is 1.92 bits per heavy atom. The number of hydrogen-bond donors (Lipinski definition) is 0. The molecule has 0 atom stereocenters. The second-order valence-electron chi connectivity index (χ2n) is 3.48. The molecular formula is C9H18O2Si. The van der Waals surface area contributed by atoms with Crippen LogP contribution >= 0.6 is 0 Å². The lowest BCUT2D eigenvalue weighted by Gasteiger charge is -2.17. The van der Waals surface area contributed by atoms with Gasteiger partial charge in [-0.25, -0.2) is 0 Å². The van der Waals surface area contributed by atoms with Gasteiger partial charge in [0, 0.05) is 0 Å². The fourth-order valence-electron chi connectivity index (χ4n) is 0.580. The maximum atomic E-state index is 5.56. The second kappa shape index (κ2) is 5.16. The van der Waals surface area contributed by atoms with Crippen LogP contribution in [0.1, 0.15) is 0 Å². The monoisotopic (exact) mass is 186 g/mol. The minimum Gasteiger partial charge on any atom is -0.492 e. The third-order valence-electron chi connectivity index (χ3n) is 1.13. The summed E-state index contributed by atoms with van der Waals surface area (Å²) in [5.74, 6) is 0.606. The first-order chi connectivity index (χ1) is 5.45. The molecular weight excluding hydrogens is 168 g/mol. The zero-order chi connectivity index (χ0) is 9.61. The van der Waals surface area contributed by atoms with Crippen molar-refractivity contribution in [2.45, 2.75) is 19.6 Å². The maximum Gasteiger partial charge on any atom is 0.183 e. The van der Waals surface area contributed by atoms with Crippen LogP contribution in [0.2, 0.25) is 19.6 Å². The van der Waals surface area contributed by atoms with Gasteiger partial charge in [-0.2, -0.15) is 0 Å². The molecule has 0 aromatic heterocycles. The molecule has 70 valence electrons. The van der Waals surface area contributed by atoms with Crippen LogP contribution in [-0.4, -0.2) is 21.5 Å². The predicted octanol–water partition coefficient (Wildman–Crippen LogP) is 2.55. The van der Waals surface area contributed by atoms with E-state index in [0.29, 0.717) is 19.0 Å². The molecule has 0 amide bonds. The van der Waals surface area contributed by atoms with E-state index >= 15 is 0 Å². The summed E-state index contributed by atoms with van der Waals surface area (Å²) in [5.41, 5.74) is 0. The topological polar surface area (TPSA) is 18.5 Å². The Bertz CT molecular complexity index is 158. The molecule has 0 spiro atoms.